The molecule has 0 fully saturated rings. The van der Waals surface area contributed by atoms with E-state index in [1.165, 1.54) is 0 Å². The first-order valence-electron chi connectivity index (χ1n) is 1.22. The molecule has 64 valence electrons. The van der Waals surface area contributed by atoms with Crippen molar-refractivity contribution in [3.8, 4) is 0 Å². The van der Waals surface area contributed by atoms with Crippen LogP contribution in [0.5, 0.6) is 0 Å². The van der Waals surface area contributed by atoms with Crippen molar-refractivity contribution in [2.24, 2.45) is 0 Å². The van der Waals surface area contributed by atoms with Gasteiger partial charge in [0.05, 0.1) is 0 Å². The van der Waals surface area contributed by atoms with E-state index in [9.17, 15) is 0 Å². The zero-order chi connectivity index (χ0) is 7.15. The van der Waals surface area contributed by atoms with Crippen molar-refractivity contribution in [1.82, 2.24) is 12.3 Å². The third kappa shape index (κ3) is 17000. The van der Waals surface area contributed by atoms with Gasteiger partial charge in [-0.3, -0.25) is 0 Å². The Morgan fingerprint density at radius 1 is 0.667 bits per heavy atom. The quantitative estimate of drug-likeness (QED) is 0.440. The molecule has 0 aromatic rings. The van der Waals surface area contributed by atoms with Gasteiger partial charge in [0.1, 0.15) is 0 Å². The average Bonchev–Trinajstić information content (AvgIpc) is 1.25. The Labute approximate surface area is 106 Å². The van der Waals surface area contributed by atoms with Gasteiger partial charge in [-0.15, -0.1) is 0 Å². The van der Waals surface area contributed by atoms with Crippen molar-refractivity contribution in [2.75, 3.05) is 0 Å². The molecular formula is C2H6N2O6Zr2+4. The summed E-state index contributed by atoms with van der Waals surface area (Å²) in [4.78, 5) is 16.7. The maximum absolute atomic E-state index is 8.33. The van der Waals surface area contributed by atoms with Gasteiger partial charge in [-0.25, -0.2) is 0 Å². The van der Waals surface area contributed by atoms with E-state index >= 15 is 0 Å². The zero-order valence-electron chi connectivity index (χ0n) is 5.86. The zero-order valence-corrected chi connectivity index (χ0v) is 10.8. The Bertz CT molecular complexity index is 79.5. The first-order chi connectivity index (χ1) is 3.46. The van der Waals surface area contributed by atoms with Crippen molar-refractivity contribution in [3.63, 3.8) is 0 Å². The van der Waals surface area contributed by atoms with Gasteiger partial charge >= 0.3 is 52.4 Å². The van der Waals surface area contributed by atoms with E-state index < -0.39 is 12.3 Å². The molecule has 0 aliphatic carbocycles. The van der Waals surface area contributed by atoms with Gasteiger partial charge in [-0.1, -0.05) is 0 Å². The number of rotatable bonds is 0. The van der Waals surface area contributed by atoms with Crippen LogP contribution in [0.3, 0.4) is 0 Å². The number of hydrogen-bond donors (Lipinski definition) is 2. The van der Waals surface area contributed by atoms with Crippen molar-refractivity contribution < 1.29 is 82.4 Å². The number of carbonyl (C=O) groups is 2. The van der Waals surface area contributed by atoms with Crippen LogP contribution in [0.2, 0.25) is 0 Å². The molecule has 0 atom stereocenters. The van der Waals surface area contributed by atoms with E-state index in [1.807, 2.05) is 0 Å². The van der Waals surface area contributed by atoms with Crippen LogP contribution < -0.4 is 32.7 Å². The topological polar surface area (TPSA) is 196 Å². The minimum Gasteiger partial charge on any atom is -0.652 e. The number of carboxylic acid groups (broad SMARTS) is 4. The molecule has 0 saturated heterocycles. The minimum atomic E-state index is -2.33. The summed E-state index contributed by atoms with van der Waals surface area (Å²) in [6.45, 7) is 0. The molecule has 0 aliphatic heterocycles. The van der Waals surface area contributed by atoms with Crippen molar-refractivity contribution in [3.05, 3.63) is 0 Å². The molecule has 0 rings (SSSR count). The maximum Gasteiger partial charge on any atom is 4.00 e. The van der Waals surface area contributed by atoms with Crippen LogP contribution >= 0.6 is 0 Å². The van der Waals surface area contributed by atoms with Crippen molar-refractivity contribution in [1.29, 1.82) is 0 Å². The average molecular weight is 337 g/mol. The van der Waals surface area contributed by atoms with Gasteiger partial charge in [-0.05, 0) is 12.3 Å². The molecule has 0 bridgehead atoms. The van der Waals surface area contributed by atoms with Crippen molar-refractivity contribution in [2.45, 2.75) is 0 Å². The van der Waals surface area contributed by atoms with Crippen molar-refractivity contribution >= 4 is 12.3 Å². The van der Waals surface area contributed by atoms with Gasteiger partial charge in [-0.2, -0.15) is 0 Å². The summed E-state index contributed by atoms with van der Waals surface area (Å²) < 4.78 is 0. The van der Waals surface area contributed by atoms with Gasteiger partial charge in [0.25, 0.3) is 0 Å². The second-order valence-electron chi connectivity index (χ2n) is 0.500. The molecule has 8 nitrogen and oxygen atoms in total. The molecule has 0 spiro atoms. The van der Waals surface area contributed by atoms with Gasteiger partial charge < -0.3 is 42.3 Å². The Morgan fingerprint density at radius 2 is 0.667 bits per heavy atom. The van der Waals surface area contributed by atoms with Crippen LogP contribution in [-0.2, 0) is 52.4 Å². The first-order valence-corrected chi connectivity index (χ1v) is 1.22. The molecule has 12 heavy (non-hydrogen) atoms. The van der Waals surface area contributed by atoms with E-state index in [0.717, 1.165) is 0 Å². The van der Waals surface area contributed by atoms with Crippen LogP contribution in [0, 0.1) is 0 Å². The monoisotopic (exact) mass is 334 g/mol. The van der Waals surface area contributed by atoms with E-state index in [2.05, 4.69) is 0 Å². The summed E-state index contributed by atoms with van der Waals surface area (Å²) in [6.07, 6.45) is -4.67. The summed E-state index contributed by atoms with van der Waals surface area (Å²) >= 11 is 0. The van der Waals surface area contributed by atoms with Gasteiger partial charge in [0.2, 0.25) is 0 Å². The number of carbonyl (C=O) groups excluding carboxylic acids is 2. The van der Waals surface area contributed by atoms with E-state index in [1.54, 1.807) is 0 Å². The predicted octanol–water partition coefficient (Wildman–Crippen LogP) is -4.58. The first kappa shape index (κ1) is 39.7. The third-order valence-corrected chi connectivity index (χ3v) is 0. The molecule has 0 aromatic heterocycles. The minimum absolute atomic E-state index is 0. The molecule has 0 radical (unpaired) electrons. The second kappa shape index (κ2) is 30.3. The molecule has 0 heterocycles. The molecule has 0 unspecified atom stereocenters. The summed E-state index contributed by atoms with van der Waals surface area (Å²) in [5, 5.41) is 33.3. The Morgan fingerprint density at radius 3 is 0.667 bits per heavy atom. The molecule has 0 amide bonds. The molecule has 6 N–H and O–H groups in total. The molecule has 10 heteroatoms. The largest absolute Gasteiger partial charge is 4.00 e. The van der Waals surface area contributed by atoms with Crippen LogP contribution in [0.4, 0.5) is 9.59 Å². The second-order valence-corrected chi connectivity index (χ2v) is 0.500. The fourth-order valence-corrected chi connectivity index (χ4v) is 0. The van der Waals surface area contributed by atoms with Crippen LogP contribution in [-0.4, -0.2) is 12.3 Å². The Hall–Kier alpha value is 0.226. The number of hydrogen-bond acceptors (Lipinski definition) is 8. The Balaban J connectivity index is -0.0000000112. The summed E-state index contributed by atoms with van der Waals surface area (Å²) in [5.41, 5.74) is 0. The molecule has 0 aliphatic rings. The van der Waals surface area contributed by atoms with Gasteiger partial charge in [0.15, 0.2) is 0 Å². The maximum atomic E-state index is 8.33. The van der Waals surface area contributed by atoms with Crippen LogP contribution in [0.25, 0.3) is 0 Å². The van der Waals surface area contributed by atoms with Crippen LogP contribution in [0.15, 0.2) is 0 Å². The smallest absolute Gasteiger partial charge is 0.652 e. The predicted molar refractivity (Wildman–Crippen MR) is 20.8 cm³/mol. The molecular weight excluding hydrogens is 330 g/mol. The fraction of sp³-hybridized carbons (Fsp3) is 0. The molecule has 0 saturated carbocycles. The normalized spacial score (nSPS) is 4.00. The SMILES string of the molecule is N.N.O=C([O-])[O-].O=C([O-])[O-].[Zr+4].[Zr+4]. The summed E-state index contributed by atoms with van der Waals surface area (Å²) in [6, 6.07) is 0. The Kier molecular flexibility index (Phi) is 100. The van der Waals surface area contributed by atoms with Crippen LogP contribution in [0.1, 0.15) is 0 Å². The third-order valence-electron chi connectivity index (χ3n) is 0. The summed E-state index contributed by atoms with van der Waals surface area (Å²) in [5.74, 6) is 0. The van der Waals surface area contributed by atoms with Gasteiger partial charge in [0, 0.05) is 0 Å². The van der Waals surface area contributed by atoms with E-state index in [-0.39, 0.29) is 64.7 Å². The molecule has 0 aromatic carbocycles. The van der Waals surface area contributed by atoms with E-state index in [0.29, 0.717) is 0 Å². The summed E-state index contributed by atoms with van der Waals surface area (Å²) in [7, 11) is 0. The fourth-order valence-electron chi connectivity index (χ4n) is 0. The standard InChI is InChI=1S/2CH2O3.2H3N.2Zr/c2*2-1(3)4;;;;/h2*(H2,2,3,4);2*1H3;;/q;;;;2*+4/p-4. The van der Waals surface area contributed by atoms with E-state index in [4.69, 9.17) is 30.0 Å².